The quantitative estimate of drug-likeness (QED) is 0.391. The van der Waals surface area contributed by atoms with Crippen molar-refractivity contribution in [2.75, 3.05) is 42.3 Å². The number of hydrogen-bond acceptors (Lipinski definition) is 8. The molecule has 2 aromatic rings. The molecule has 36 heavy (non-hydrogen) atoms. The third-order valence-corrected chi connectivity index (χ3v) is 6.81. The molecule has 0 spiro atoms. The zero-order valence-corrected chi connectivity index (χ0v) is 21.2. The first kappa shape index (κ1) is 27.6. The molecule has 8 nitrogen and oxygen atoms in total. The van der Waals surface area contributed by atoms with Crippen molar-refractivity contribution in [1.82, 2.24) is 9.97 Å². The van der Waals surface area contributed by atoms with Gasteiger partial charge < -0.3 is 14.5 Å². The Bertz CT molecular complexity index is 1220. The fraction of sp³-hybridized carbons (Fsp3) is 0.522. The molecular weight excluding hydrogens is 504 g/mol. The molecule has 0 amide bonds. The van der Waals surface area contributed by atoms with Crippen molar-refractivity contribution >= 4 is 27.4 Å². The number of carbonyl (C=O) groups excluding carboxylic acids is 1. The smallest absolute Gasteiger partial charge is 0.434 e. The van der Waals surface area contributed by atoms with E-state index in [0.717, 1.165) is 18.5 Å². The standard InChI is InChI=1S/C23H28F4N4O4S/c1-5-35-21(32)17-12-28-22(29-20(17)23(25,26)27)31-9-8-30(13-16(31)10-14(2)3)15-6-7-18(24)19(11-15)36(4,33)34/h6-7,11-12,14,16H,5,8-10,13H2,1-4H3/t16-/m1/s1. The van der Waals surface area contributed by atoms with Gasteiger partial charge in [0, 0.05) is 43.8 Å². The van der Waals surface area contributed by atoms with Crippen molar-refractivity contribution in [3.05, 3.63) is 41.5 Å². The summed E-state index contributed by atoms with van der Waals surface area (Å²) < 4.78 is 84.0. The SMILES string of the molecule is CCOC(=O)c1cnc(N2CCN(c3ccc(F)c(S(C)(=O)=O)c3)C[C@H]2CC(C)C)nc1C(F)(F)F. The number of nitrogens with zero attached hydrogens (tertiary/aromatic N) is 4. The van der Waals surface area contributed by atoms with Gasteiger partial charge in [0.05, 0.1) is 6.61 Å². The van der Waals surface area contributed by atoms with Crippen LogP contribution in [-0.4, -0.2) is 62.9 Å². The van der Waals surface area contributed by atoms with Crippen LogP contribution in [0.5, 0.6) is 0 Å². The van der Waals surface area contributed by atoms with Crippen LogP contribution in [0.15, 0.2) is 29.3 Å². The lowest BCUT2D eigenvalue weighted by Crippen LogP contribution is -2.54. The summed E-state index contributed by atoms with van der Waals surface area (Å²) in [5.41, 5.74) is -1.64. The van der Waals surface area contributed by atoms with Crippen LogP contribution in [0, 0.1) is 11.7 Å². The second-order valence-corrected chi connectivity index (χ2v) is 10.9. The van der Waals surface area contributed by atoms with Crippen LogP contribution in [0.1, 0.15) is 43.2 Å². The molecule has 1 saturated heterocycles. The molecule has 0 unspecified atom stereocenters. The summed E-state index contributed by atoms with van der Waals surface area (Å²) in [5.74, 6) is -2.01. The zero-order chi connectivity index (χ0) is 26.8. The van der Waals surface area contributed by atoms with Crippen LogP contribution in [0.4, 0.5) is 29.2 Å². The first-order valence-corrected chi connectivity index (χ1v) is 13.2. The fourth-order valence-corrected chi connectivity index (χ4v) is 4.91. The number of aromatic nitrogens is 2. The molecule has 0 aliphatic carbocycles. The maximum atomic E-state index is 14.1. The predicted octanol–water partition coefficient (Wildman–Crippen LogP) is 3.96. The Morgan fingerprint density at radius 3 is 2.53 bits per heavy atom. The highest BCUT2D eigenvalue weighted by Gasteiger charge is 2.40. The highest BCUT2D eigenvalue weighted by Crippen LogP contribution is 2.33. The van der Waals surface area contributed by atoms with Crippen LogP contribution in [0.2, 0.25) is 0 Å². The van der Waals surface area contributed by atoms with Gasteiger partial charge in [0.2, 0.25) is 5.95 Å². The Morgan fingerprint density at radius 2 is 1.94 bits per heavy atom. The van der Waals surface area contributed by atoms with Gasteiger partial charge in [-0.3, -0.25) is 0 Å². The summed E-state index contributed by atoms with van der Waals surface area (Å²) in [4.78, 5) is 22.9. The summed E-state index contributed by atoms with van der Waals surface area (Å²) in [6.45, 7) is 6.15. The Morgan fingerprint density at radius 1 is 1.25 bits per heavy atom. The zero-order valence-electron chi connectivity index (χ0n) is 20.3. The van der Waals surface area contributed by atoms with E-state index in [1.165, 1.54) is 19.1 Å². The van der Waals surface area contributed by atoms with Gasteiger partial charge >= 0.3 is 12.1 Å². The Kier molecular flexibility index (Phi) is 8.11. The van der Waals surface area contributed by atoms with Gasteiger partial charge in [-0.15, -0.1) is 0 Å². The van der Waals surface area contributed by atoms with Crippen LogP contribution in [-0.2, 0) is 20.8 Å². The van der Waals surface area contributed by atoms with Crippen LogP contribution in [0.3, 0.4) is 0 Å². The molecule has 0 N–H and O–H groups in total. The number of carbonyl (C=O) groups is 1. The molecular formula is C23H28F4N4O4S. The van der Waals surface area contributed by atoms with Gasteiger partial charge in [-0.05, 0) is 37.5 Å². The first-order chi connectivity index (χ1) is 16.7. The number of halogens is 4. The van der Waals surface area contributed by atoms with E-state index in [4.69, 9.17) is 4.74 Å². The normalized spacial score (nSPS) is 17.0. The second-order valence-electron chi connectivity index (χ2n) is 8.96. The van der Waals surface area contributed by atoms with E-state index in [1.54, 1.807) is 4.90 Å². The topological polar surface area (TPSA) is 92.7 Å². The lowest BCUT2D eigenvalue weighted by molar-refractivity contribution is -0.141. The van der Waals surface area contributed by atoms with E-state index < -0.39 is 44.0 Å². The molecule has 0 radical (unpaired) electrons. The summed E-state index contributed by atoms with van der Waals surface area (Å²) >= 11 is 0. The van der Waals surface area contributed by atoms with Crippen molar-refractivity contribution in [2.45, 2.75) is 44.3 Å². The molecule has 3 rings (SSSR count). The van der Waals surface area contributed by atoms with Gasteiger partial charge in [-0.1, -0.05) is 13.8 Å². The number of hydrogen-bond donors (Lipinski definition) is 0. The van der Waals surface area contributed by atoms with Crippen LogP contribution in [0.25, 0.3) is 0 Å². The third-order valence-electron chi connectivity index (χ3n) is 5.70. The molecule has 13 heteroatoms. The number of piperazine rings is 1. The minimum absolute atomic E-state index is 0.0965. The maximum Gasteiger partial charge on any atom is 0.434 e. The minimum Gasteiger partial charge on any atom is -0.462 e. The Labute approximate surface area is 207 Å². The number of alkyl halides is 3. The third kappa shape index (κ3) is 6.23. The molecule has 1 aliphatic rings. The summed E-state index contributed by atoms with van der Waals surface area (Å²) in [6, 6.07) is 3.49. The molecule has 198 valence electrons. The molecule has 0 saturated carbocycles. The second kappa shape index (κ2) is 10.6. The minimum atomic E-state index is -4.90. The molecule has 2 heterocycles. The largest absolute Gasteiger partial charge is 0.462 e. The number of esters is 1. The van der Waals surface area contributed by atoms with Gasteiger partial charge in [-0.2, -0.15) is 13.2 Å². The van der Waals surface area contributed by atoms with E-state index in [-0.39, 0.29) is 31.1 Å². The number of anilines is 2. The van der Waals surface area contributed by atoms with E-state index in [0.29, 0.717) is 25.2 Å². The number of rotatable bonds is 7. The summed E-state index contributed by atoms with van der Waals surface area (Å²) in [6.07, 6.45) is -2.57. The van der Waals surface area contributed by atoms with E-state index in [1.807, 2.05) is 18.7 Å². The number of ether oxygens (including phenoxy) is 1. The number of benzene rings is 1. The Hall–Kier alpha value is -2.96. The molecule has 1 aromatic heterocycles. The molecule has 1 aliphatic heterocycles. The van der Waals surface area contributed by atoms with Crippen molar-refractivity contribution in [3.8, 4) is 0 Å². The van der Waals surface area contributed by atoms with Gasteiger partial charge in [0.15, 0.2) is 15.5 Å². The van der Waals surface area contributed by atoms with Crippen LogP contribution >= 0.6 is 0 Å². The van der Waals surface area contributed by atoms with Gasteiger partial charge in [-0.25, -0.2) is 27.6 Å². The highest BCUT2D eigenvalue weighted by molar-refractivity contribution is 7.90. The first-order valence-electron chi connectivity index (χ1n) is 11.3. The van der Waals surface area contributed by atoms with Gasteiger partial charge in [0.1, 0.15) is 16.3 Å². The van der Waals surface area contributed by atoms with Crippen molar-refractivity contribution in [2.24, 2.45) is 5.92 Å². The van der Waals surface area contributed by atoms with Crippen molar-refractivity contribution in [3.63, 3.8) is 0 Å². The molecule has 1 aromatic carbocycles. The predicted molar refractivity (Wildman–Crippen MR) is 125 cm³/mol. The fourth-order valence-electron chi connectivity index (χ4n) is 4.16. The number of sulfone groups is 1. The monoisotopic (exact) mass is 532 g/mol. The molecule has 1 fully saturated rings. The highest BCUT2D eigenvalue weighted by atomic mass is 32.2. The van der Waals surface area contributed by atoms with E-state index in [9.17, 15) is 30.8 Å². The van der Waals surface area contributed by atoms with Gasteiger partial charge in [0.25, 0.3) is 0 Å². The Balaban J connectivity index is 1.97. The average molecular weight is 533 g/mol. The average Bonchev–Trinajstić information content (AvgIpc) is 2.77. The van der Waals surface area contributed by atoms with Crippen molar-refractivity contribution < 1.29 is 35.5 Å². The van der Waals surface area contributed by atoms with Crippen LogP contribution < -0.4 is 9.80 Å². The molecule has 1 atom stereocenters. The molecule has 0 bridgehead atoms. The summed E-state index contributed by atoms with van der Waals surface area (Å²) in [5, 5.41) is 0. The maximum absolute atomic E-state index is 14.1. The van der Waals surface area contributed by atoms with E-state index in [2.05, 4.69) is 9.97 Å². The summed E-state index contributed by atoms with van der Waals surface area (Å²) in [7, 11) is -3.79. The lowest BCUT2D eigenvalue weighted by Gasteiger charge is -2.43. The lowest BCUT2D eigenvalue weighted by atomic mass is 9.99. The van der Waals surface area contributed by atoms with Crippen molar-refractivity contribution in [1.29, 1.82) is 0 Å². The van der Waals surface area contributed by atoms with E-state index >= 15 is 0 Å².